The lowest BCUT2D eigenvalue weighted by molar-refractivity contribution is 0.192. The zero-order valence-electron chi connectivity index (χ0n) is 8.14. The van der Waals surface area contributed by atoms with Gasteiger partial charge >= 0.3 is 0 Å². The number of hydrogen-bond donors (Lipinski definition) is 1. The van der Waals surface area contributed by atoms with Gasteiger partial charge in [-0.3, -0.25) is 0 Å². The van der Waals surface area contributed by atoms with Gasteiger partial charge in [0.05, 0.1) is 0 Å². The number of piperidine rings is 2. The summed E-state index contributed by atoms with van der Waals surface area (Å²) in [5.74, 6) is 3.10. The van der Waals surface area contributed by atoms with Gasteiger partial charge in [0.1, 0.15) is 0 Å². The van der Waals surface area contributed by atoms with E-state index in [4.69, 9.17) is 0 Å². The molecule has 2 saturated carbocycles. The molecule has 2 heterocycles. The summed E-state index contributed by atoms with van der Waals surface area (Å²) in [7, 11) is 0. The zero-order valence-corrected chi connectivity index (χ0v) is 8.14. The highest BCUT2D eigenvalue weighted by Crippen LogP contribution is 2.70. The highest BCUT2D eigenvalue weighted by molar-refractivity contribution is 5.19. The predicted octanol–water partition coefficient (Wildman–Crippen LogP) is 2.03. The molecule has 3 unspecified atom stereocenters. The van der Waals surface area contributed by atoms with Gasteiger partial charge in [0.25, 0.3) is 0 Å². The van der Waals surface area contributed by atoms with E-state index in [0.717, 1.165) is 29.2 Å². The van der Waals surface area contributed by atoms with Crippen molar-refractivity contribution >= 4 is 0 Å². The van der Waals surface area contributed by atoms with Gasteiger partial charge in [-0.25, -0.2) is 0 Å². The molecular formula is C11H19N. The van der Waals surface area contributed by atoms with Crippen molar-refractivity contribution in [2.75, 3.05) is 6.54 Å². The summed E-state index contributed by atoms with van der Waals surface area (Å²) in [4.78, 5) is 0. The van der Waals surface area contributed by atoms with E-state index < -0.39 is 0 Å². The van der Waals surface area contributed by atoms with Crippen LogP contribution in [0.5, 0.6) is 0 Å². The molecule has 4 atom stereocenters. The maximum atomic E-state index is 3.69. The average Bonchev–Trinajstić information content (AvgIpc) is 2.72. The van der Waals surface area contributed by atoms with E-state index in [-0.39, 0.29) is 0 Å². The highest BCUT2D eigenvalue weighted by Gasteiger charge is 2.68. The number of hydrogen-bond acceptors (Lipinski definition) is 1. The van der Waals surface area contributed by atoms with Gasteiger partial charge < -0.3 is 5.32 Å². The van der Waals surface area contributed by atoms with Crippen LogP contribution < -0.4 is 5.32 Å². The Morgan fingerprint density at radius 2 is 2.25 bits per heavy atom. The van der Waals surface area contributed by atoms with Crippen LogP contribution in [0.2, 0.25) is 0 Å². The lowest BCUT2D eigenvalue weighted by atomic mass is 9.80. The van der Waals surface area contributed by atoms with E-state index in [1.165, 1.54) is 25.8 Å². The molecule has 0 amide bonds. The Morgan fingerprint density at radius 1 is 1.42 bits per heavy atom. The van der Waals surface area contributed by atoms with Gasteiger partial charge in [-0.05, 0) is 42.4 Å². The van der Waals surface area contributed by atoms with Gasteiger partial charge in [-0.15, -0.1) is 0 Å². The second-order valence-electron chi connectivity index (χ2n) is 5.46. The summed E-state index contributed by atoms with van der Waals surface area (Å²) < 4.78 is 0. The third kappa shape index (κ3) is 0.693. The lowest BCUT2D eigenvalue weighted by Crippen LogP contribution is -2.45. The second kappa shape index (κ2) is 2.06. The molecule has 0 aromatic heterocycles. The molecule has 0 radical (unpaired) electrons. The van der Waals surface area contributed by atoms with Crippen molar-refractivity contribution in [3.63, 3.8) is 0 Å². The number of rotatable bonds is 1. The minimum atomic E-state index is 0.781. The monoisotopic (exact) mass is 165 g/mol. The summed E-state index contributed by atoms with van der Waals surface area (Å²) >= 11 is 0. The average molecular weight is 165 g/mol. The zero-order chi connectivity index (χ0) is 8.34. The molecular weight excluding hydrogens is 146 g/mol. The Bertz CT molecular complexity index is 201. The first-order chi connectivity index (χ1) is 5.74. The molecule has 2 aliphatic heterocycles. The van der Waals surface area contributed by atoms with Crippen molar-refractivity contribution in [1.29, 1.82) is 0 Å². The normalized spacial score (nSPS) is 55.8. The smallest absolute Gasteiger partial charge is 0.00704 e. The molecule has 2 aliphatic carbocycles. The summed E-state index contributed by atoms with van der Waals surface area (Å²) in [5, 5.41) is 3.69. The molecule has 2 bridgehead atoms. The standard InChI is InChI=1S/C11H19N/c1-7(2)10-9-5-8-3-4-11(9,10)6-12-8/h7-10,12H,3-6H2,1-2H3/t8?,9?,10?,11-/m0/s1. The third-order valence-electron chi connectivity index (χ3n) is 4.66. The summed E-state index contributed by atoms with van der Waals surface area (Å²) in [5.41, 5.74) is 0.781. The van der Waals surface area contributed by atoms with Crippen LogP contribution in [-0.4, -0.2) is 12.6 Å². The minimum Gasteiger partial charge on any atom is -0.313 e. The van der Waals surface area contributed by atoms with Crippen LogP contribution >= 0.6 is 0 Å². The molecule has 4 rings (SSSR count). The number of fused-ring (bicyclic) bond motifs is 2. The fourth-order valence-corrected chi connectivity index (χ4v) is 4.20. The molecule has 1 heteroatoms. The Balaban J connectivity index is 1.87. The minimum absolute atomic E-state index is 0.781. The van der Waals surface area contributed by atoms with Crippen LogP contribution in [0.3, 0.4) is 0 Å². The Labute approximate surface area is 74.9 Å². The van der Waals surface area contributed by atoms with E-state index in [1.54, 1.807) is 0 Å². The molecule has 68 valence electrons. The second-order valence-corrected chi connectivity index (χ2v) is 5.46. The number of nitrogens with one attached hydrogen (secondary N) is 1. The van der Waals surface area contributed by atoms with Crippen molar-refractivity contribution in [2.45, 2.75) is 39.2 Å². The molecule has 4 aliphatic rings. The Hall–Kier alpha value is -0.0400. The van der Waals surface area contributed by atoms with Crippen molar-refractivity contribution in [3.05, 3.63) is 0 Å². The van der Waals surface area contributed by atoms with Crippen LogP contribution in [0, 0.1) is 23.2 Å². The highest BCUT2D eigenvalue weighted by atomic mass is 15.0. The molecule has 0 aromatic carbocycles. The largest absolute Gasteiger partial charge is 0.313 e. The van der Waals surface area contributed by atoms with Gasteiger partial charge in [-0.1, -0.05) is 13.8 Å². The van der Waals surface area contributed by atoms with Crippen LogP contribution in [0.15, 0.2) is 0 Å². The molecule has 0 aromatic rings. The molecule has 12 heavy (non-hydrogen) atoms. The van der Waals surface area contributed by atoms with Gasteiger partial charge in [-0.2, -0.15) is 0 Å². The topological polar surface area (TPSA) is 12.0 Å². The van der Waals surface area contributed by atoms with Crippen molar-refractivity contribution in [1.82, 2.24) is 5.32 Å². The Kier molecular flexibility index (Phi) is 1.27. The van der Waals surface area contributed by atoms with Crippen LogP contribution in [0.25, 0.3) is 0 Å². The third-order valence-corrected chi connectivity index (χ3v) is 4.66. The van der Waals surface area contributed by atoms with E-state index in [1.807, 2.05) is 0 Å². The first-order valence-electron chi connectivity index (χ1n) is 5.47. The first kappa shape index (κ1) is 7.37. The summed E-state index contributed by atoms with van der Waals surface area (Å²) in [6, 6.07) is 0.889. The SMILES string of the molecule is CC(C)C1C2CC3CC[C@]21CN3. The van der Waals surface area contributed by atoms with Crippen molar-refractivity contribution < 1.29 is 0 Å². The van der Waals surface area contributed by atoms with E-state index in [2.05, 4.69) is 19.2 Å². The summed E-state index contributed by atoms with van der Waals surface area (Å²) in [6.45, 7) is 6.15. The van der Waals surface area contributed by atoms with Crippen LogP contribution in [0.1, 0.15) is 33.1 Å². The molecule has 2 saturated heterocycles. The molecule has 4 fully saturated rings. The van der Waals surface area contributed by atoms with E-state index >= 15 is 0 Å². The van der Waals surface area contributed by atoms with Crippen LogP contribution in [0.4, 0.5) is 0 Å². The van der Waals surface area contributed by atoms with Crippen molar-refractivity contribution in [3.8, 4) is 0 Å². The fourth-order valence-electron chi connectivity index (χ4n) is 4.20. The quantitative estimate of drug-likeness (QED) is 0.627. The van der Waals surface area contributed by atoms with Crippen molar-refractivity contribution in [2.24, 2.45) is 23.2 Å². The molecule has 1 spiro atoms. The molecule has 1 nitrogen and oxygen atoms in total. The summed E-state index contributed by atoms with van der Waals surface area (Å²) in [6.07, 6.45) is 4.47. The maximum absolute atomic E-state index is 3.69. The van der Waals surface area contributed by atoms with Crippen LogP contribution in [-0.2, 0) is 0 Å². The maximum Gasteiger partial charge on any atom is 0.00704 e. The van der Waals surface area contributed by atoms with E-state index in [9.17, 15) is 0 Å². The fraction of sp³-hybridized carbons (Fsp3) is 1.00. The van der Waals surface area contributed by atoms with Gasteiger partial charge in [0, 0.05) is 12.6 Å². The first-order valence-corrected chi connectivity index (χ1v) is 5.47. The lowest BCUT2D eigenvalue weighted by Gasteiger charge is -2.37. The van der Waals surface area contributed by atoms with E-state index in [0.29, 0.717) is 0 Å². The van der Waals surface area contributed by atoms with Gasteiger partial charge in [0.2, 0.25) is 0 Å². The van der Waals surface area contributed by atoms with Gasteiger partial charge in [0.15, 0.2) is 0 Å². The predicted molar refractivity (Wildman–Crippen MR) is 49.9 cm³/mol. The Morgan fingerprint density at radius 3 is 2.67 bits per heavy atom. The molecule has 1 N–H and O–H groups in total.